The molecule has 0 saturated heterocycles. The number of hydrogen-bond acceptors (Lipinski definition) is 3. The second kappa shape index (κ2) is 10.2. The molecule has 2 unspecified atom stereocenters. The number of rotatable bonds is 9. The van der Waals surface area contributed by atoms with Crippen LogP contribution in [-0.4, -0.2) is 19.5 Å². The first kappa shape index (κ1) is 23.1. The molecule has 0 aliphatic carbocycles. The third-order valence-corrected chi connectivity index (χ3v) is 5.58. The van der Waals surface area contributed by atoms with E-state index in [0.29, 0.717) is 25.0 Å². The largest absolute Gasteiger partial charge is 0.491 e. The lowest BCUT2D eigenvalue weighted by molar-refractivity contribution is -0.0738. The SMILES string of the molecule is CC(OCCOc1cccc2ccccc12)Oc1ccc(C(C(C)C)C(C)(C)C)cc1. The van der Waals surface area contributed by atoms with Gasteiger partial charge in [-0.3, -0.25) is 0 Å². The normalized spacial score (nSPS) is 13.9. The van der Waals surface area contributed by atoms with Gasteiger partial charge in [0.25, 0.3) is 0 Å². The minimum atomic E-state index is -0.342. The van der Waals surface area contributed by atoms with Crippen LogP contribution in [0, 0.1) is 11.3 Å². The van der Waals surface area contributed by atoms with E-state index in [4.69, 9.17) is 14.2 Å². The summed E-state index contributed by atoms with van der Waals surface area (Å²) in [5.74, 6) is 2.78. The molecule has 2 atom stereocenters. The topological polar surface area (TPSA) is 27.7 Å². The van der Waals surface area contributed by atoms with Crippen molar-refractivity contribution in [2.24, 2.45) is 11.3 Å². The Hall–Kier alpha value is -2.52. The average Bonchev–Trinajstić information content (AvgIpc) is 2.71. The Morgan fingerprint density at radius 1 is 0.774 bits per heavy atom. The summed E-state index contributed by atoms with van der Waals surface area (Å²) < 4.78 is 17.7. The van der Waals surface area contributed by atoms with Gasteiger partial charge in [-0.05, 0) is 53.3 Å². The van der Waals surface area contributed by atoms with Crippen molar-refractivity contribution in [3.05, 3.63) is 72.3 Å². The third-order valence-electron chi connectivity index (χ3n) is 5.58. The molecule has 0 bridgehead atoms. The predicted molar refractivity (Wildman–Crippen MR) is 129 cm³/mol. The molecule has 3 heteroatoms. The molecule has 0 saturated carbocycles. The van der Waals surface area contributed by atoms with Gasteiger partial charge < -0.3 is 14.2 Å². The maximum Gasteiger partial charge on any atom is 0.197 e. The van der Waals surface area contributed by atoms with Gasteiger partial charge in [-0.25, -0.2) is 0 Å². The molecule has 0 spiro atoms. The monoisotopic (exact) mass is 420 g/mol. The van der Waals surface area contributed by atoms with Gasteiger partial charge in [0.2, 0.25) is 0 Å². The zero-order valence-electron chi connectivity index (χ0n) is 19.7. The molecule has 3 nitrogen and oxygen atoms in total. The Morgan fingerprint density at radius 3 is 2.13 bits per heavy atom. The summed E-state index contributed by atoms with van der Waals surface area (Å²) in [6.07, 6.45) is -0.342. The minimum absolute atomic E-state index is 0.219. The number of ether oxygens (including phenoxy) is 3. The summed E-state index contributed by atoms with van der Waals surface area (Å²) in [5, 5.41) is 2.29. The van der Waals surface area contributed by atoms with Crippen LogP contribution in [0.3, 0.4) is 0 Å². The summed E-state index contributed by atoms with van der Waals surface area (Å²) in [4.78, 5) is 0. The van der Waals surface area contributed by atoms with Gasteiger partial charge in [-0.2, -0.15) is 0 Å². The lowest BCUT2D eigenvalue weighted by Gasteiger charge is -2.34. The van der Waals surface area contributed by atoms with Crippen LogP contribution < -0.4 is 9.47 Å². The van der Waals surface area contributed by atoms with Crippen LogP contribution in [0.5, 0.6) is 11.5 Å². The molecule has 0 aliphatic heterocycles. The molecule has 3 rings (SSSR count). The van der Waals surface area contributed by atoms with Gasteiger partial charge in [0, 0.05) is 5.39 Å². The highest BCUT2D eigenvalue weighted by Crippen LogP contribution is 2.41. The molecule has 31 heavy (non-hydrogen) atoms. The second-order valence-electron chi connectivity index (χ2n) is 9.54. The number of benzene rings is 3. The van der Waals surface area contributed by atoms with Crippen LogP contribution in [-0.2, 0) is 4.74 Å². The summed E-state index contributed by atoms with van der Waals surface area (Å²) in [7, 11) is 0. The van der Waals surface area contributed by atoms with Crippen LogP contribution in [0.25, 0.3) is 10.8 Å². The van der Waals surface area contributed by atoms with Crippen molar-refractivity contribution in [1.29, 1.82) is 0 Å². The molecule has 3 aromatic rings. The molecular formula is C28H36O3. The van der Waals surface area contributed by atoms with Crippen LogP contribution >= 0.6 is 0 Å². The third kappa shape index (κ3) is 6.24. The second-order valence-corrected chi connectivity index (χ2v) is 9.54. The summed E-state index contributed by atoms with van der Waals surface area (Å²) in [6, 6.07) is 22.8. The van der Waals surface area contributed by atoms with Gasteiger partial charge in [0.1, 0.15) is 18.1 Å². The molecule has 0 N–H and O–H groups in total. The zero-order valence-corrected chi connectivity index (χ0v) is 19.7. The van der Waals surface area contributed by atoms with Gasteiger partial charge in [0.05, 0.1) is 6.61 Å². The van der Waals surface area contributed by atoms with Crippen molar-refractivity contribution in [2.45, 2.75) is 53.8 Å². The molecule has 0 aliphatic rings. The van der Waals surface area contributed by atoms with Crippen LogP contribution in [0.4, 0.5) is 0 Å². The van der Waals surface area contributed by atoms with E-state index in [1.54, 1.807) is 0 Å². The Bertz CT molecular complexity index is 949. The van der Waals surface area contributed by atoms with E-state index >= 15 is 0 Å². The van der Waals surface area contributed by atoms with Gasteiger partial charge >= 0.3 is 0 Å². The Kier molecular flexibility index (Phi) is 7.61. The van der Waals surface area contributed by atoms with E-state index in [-0.39, 0.29) is 11.7 Å². The van der Waals surface area contributed by atoms with Crippen molar-refractivity contribution in [3.8, 4) is 11.5 Å². The predicted octanol–water partition coefficient (Wildman–Crippen LogP) is 7.45. The van der Waals surface area contributed by atoms with Crippen molar-refractivity contribution in [3.63, 3.8) is 0 Å². The van der Waals surface area contributed by atoms with E-state index < -0.39 is 0 Å². The quantitative estimate of drug-likeness (QED) is 0.266. The molecule has 0 aromatic heterocycles. The van der Waals surface area contributed by atoms with E-state index in [0.717, 1.165) is 16.9 Å². The van der Waals surface area contributed by atoms with Crippen LogP contribution in [0.15, 0.2) is 66.7 Å². The van der Waals surface area contributed by atoms with Gasteiger partial charge in [-0.15, -0.1) is 0 Å². The fourth-order valence-corrected chi connectivity index (χ4v) is 4.55. The van der Waals surface area contributed by atoms with Crippen LogP contribution in [0.1, 0.15) is 53.0 Å². The molecule has 0 amide bonds. The summed E-state index contributed by atoms with van der Waals surface area (Å²) in [5.41, 5.74) is 1.57. The van der Waals surface area contributed by atoms with E-state index in [9.17, 15) is 0 Å². The van der Waals surface area contributed by atoms with Crippen LogP contribution in [0.2, 0.25) is 0 Å². The first-order valence-electron chi connectivity index (χ1n) is 11.2. The number of fused-ring (bicyclic) bond motifs is 1. The smallest absolute Gasteiger partial charge is 0.197 e. The van der Waals surface area contributed by atoms with Gasteiger partial charge in [0.15, 0.2) is 6.29 Å². The average molecular weight is 421 g/mol. The lowest BCUT2D eigenvalue weighted by Crippen LogP contribution is -2.23. The Balaban J connectivity index is 1.49. The molecular weight excluding hydrogens is 384 g/mol. The van der Waals surface area contributed by atoms with Crippen molar-refractivity contribution in [1.82, 2.24) is 0 Å². The summed E-state index contributed by atoms with van der Waals surface area (Å²) in [6.45, 7) is 14.3. The fourth-order valence-electron chi connectivity index (χ4n) is 4.55. The Labute approximate surface area is 187 Å². The zero-order chi connectivity index (χ0) is 22.4. The van der Waals surface area contributed by atoms with E-state index in [1.165, 1.54) is 10.9 Å². The maximum absolute atomic E-state index is 5.94. The highest BCUT2D eigenvalue weighted by molar-refractivity contribution is 5.88. The van der Waals surface area contributed by atoms with Crippen molar-refractivity contribution >= 4 is 10.8 Å². The van der Waals surface area contributed by atoms with Crippen molar-refractivity contribution < 1.29 is 14.2 Å². The first-order chi connectivity index (χ1) is 14.8. The number of hydrogen-bond donors (Lipinski definition) is 0. The molecule has 0 radical (unpaired) electrons. The molecule has 166 valence electrons. The highest BCUT2D eigenvalue weighted by Gasteiger charge is 2.28. The molecule has 0 fully saturated rings. The molecule has 3 aromatic carbocycles. The Morgan fingerprint density at radius 2 is 1.45 bits per heavy atom. The van der Waals surface area contributed by atoms with E-state index in [2.05, 4.69) is 65.0 Å². The highest BCUT2D eigenvalue weighted by atomic mass is 16.7. The lowest BCUT2D eigenvalue weighted by atomic mass is 9.70. The standard InChI is InChI=1S/C28H36O3/c1-20(2)27(28(4,5)6)23-14-16-24(17-15-23)31-21(3)29-18-19-30-26-13-9-11-22-10-7-8-12-25(22)26/h7-17,20-21,27H,18-19H2,1-6H3. The summed E-state index contributed by atoms with van der Waals surface area (Å²) >= 11 is 0. The first-order valence-corrected chi connectivity index (χ1v) is 11.2. The molecule has 0 heterocycles. The maximum atomic E-state index is 5.94. The minimum Gasteiger partial charge on any atom is -0.491 e. The van der Waals surface area contributed by atoms with Gasteiger partial charge in [-0.1, -0.05) is 83.1 Å². The van der Waals surface area contributed by atoms with E-state index in [1.807, 2.05) is 43.3 Å². The van der Waals surface area contributed by atoms with Crippen molar-refractivity contribution in [2.75, 3.05) is 13.2 Å². The fraction of sp³-hybridized carbons (Fsp3) is 0.429.